The molecule has 1 heterocycles. The molecule has 0 unspecified atom stereocenters. The maximum absolute atomic E-state index is 9.94. The predicted octanol–water partition coefficient (Wildman–Crippen LogP) is 0.0535. The predicted molar refractivity (Wildman–Crippen MR) is 38.3 cm³/mol. The molecule has 0 aliphatic carbocycles. The number of anilines is 1. The molecule has 0 radical (unpaired) electrons. The third-order valence-electron chi connectivity index (χ3n) is 1.03. The highest BCUT2D eigenvalue weighted by Gasteiger charge is 1.95. The van der Waals surface area contributed by atoms with Crippen LogP contribution < -0.4 is 10.1 Å². The first-order valence-electron chi connectivity index (χ1n) is 2.94. The fourth-order valence-electron chi connectivity index (χ4n) is 0.578. The van der Waals surface area contributed by atoms with Gasteiger partial charge >= 0.3 is 0 Å². The van der Waals surface area contributed by atoms with Gasteiger partial charge in [-0.25, -0.2) is 4.98 Å². The molecule has 1 aromatic heterocycles. The van der Waals surface area contributed by atoms with Gasteiger partial charge in [-0.1, -0.05) is 0 Å². The van der Waals surface area contributed by atoms with Gasteiger partial charge in [0.05, 0.1) is 7.11 Å². The minimum Gasteiger partial charge on any atom is -0.481 e. The van der Waals surface area contributed by atoms with Gasteiger partial charge in [-0.3, -0.25) is 10.1 Å². The zero-order valence-corrected chi connectivity index (χ0v) is 5.94. The van der Waals surface area contributed by atoms with Gasteiger partial charge in [0.2, 0.25) is 18.2 Å². The summed E-state index contributed by atoms with van der Waals surface area (Å²) in [4.78, 5) is 17.5. The van der Waals surface area contributed by atoms with Gasteiger partial charge in [0.15, 0.2) is 0 Å². The molecule has 0 aromatic carbocycles. The number of methoxy groups -OCH3 is 1. The lowest BCUT2D eigenvalue weighted by Crippen LogP contribution is -2.00. The first kappa shape index (κ1) is 7.46. The molecule has 1 N–H and O–H groups in total. The quantitative estimate of drug-likeness (QED) is 0.623. The second-order valence-electron chi connectivity index (χ2n) is 1.68. The SMILES string of the molecule is COc1ccnc(NC=O)n1. The molecule has 58 valence electrons. The van der Waals surface area contributed by atoms with Crippen LogP contribution >= 0.6 is 0 Å². The molecule has 0 saturated carbocycles. The summed E-state index contributed by atoms with van der Waals surface area (Å²) in [6, 6.07) is 1.59. The molecule has 0 atom stereocenters. The van der Waals surface area contributed by atoms with E-state index in [1.165, 1.54) is 13.3 Å². The Bertz CT molecular complexity index is 251. The molecule has 0 spiro atoms. The number of nitrogens with one attached hydrogen (secondary N) is 1. The molecule has 5 nitrogen and oxygen atoms in total. The molecule has 5 heteroatoms. The molecule has 1 aromatic rings. The molecule has 0 bridgehead atoms. The smallest absolute Gasteiger partial charge is 0.232 e. The van der Waals surface area contributed by atoms with E-state index >= 15 is 0 Å². The third-order valence-corrected chi connectivity index (χ3v) is 1.03. The highest BCUT2D eigenvalue weighted by Crippen LogP contribution is 2.05. The van der Waals surface area contributed by atoms with Crippen LogP contribution in [0.4, 0.5) is 5.95 Å². The molecule has 0 aliphatic rings. The Labute approximate surface area is 63.4 Å². The summed E-state index contributed by atoms with van der Waals surface area (Å²) in [6.45, 7) is 0. The van der Waals surface area contributed by atoms with Gasteiger partial charge in [-0.2, -0.15) is 4.98 Å². The van der Waals surface area contributed by atoms with E-state index in [-0.39, 0.29) is 5.95 Å². The van der Waals surface area contributed by atoms with Gasteiger partial charge in [0.25, 0.3) is 0 Å². The van der Waals surface area contributed by atoms with Crippen LogP contribution in [-0.2, 0) is 4.79 Å². The number of aromatic nitrogens is 2. The van der Waals surface area contributed by atoms with E-state index in [0.717, 1.165) is 0 Å². The number of ether oxygens (including phenoxy) is 1. The summed E-state index contributed by atoms with van der Waals surface area (Å²) in [6.07, 6.45) is 2.01. The average Bonchev–Trinajstić information content (AvgIpc) is 2.06. The zero-order valence-electron chi connectivity index (χ0n) is 5.94. The third kappa shape index (κ3) is 1.89. The highest BCUT2D eigenvalue weighted by molar-refractivity contribution is 5.66. The normalized spacial score (nSPS) is 8.82. The van der Waals surface area contributed by atoms with Gasteiger partial charge < -0.3 is 4.74 Å². The molecule has 0 fully saturated rings. The Balaban J connectivity index is 2.82. The first-order chi connectivity index (χ1) is 5.36. The zero-order chi connectivity index (χ0) is 8.10. The standard InChI is InChI=1S/C6H7N3O2/c1-11-5-2-3-7-6(9-5)8-4-10/h2-4H,1H3,(H,7,8,9,10). The lowest BCUT2D eigenvalue weighted by atomic mass is 10.6. The largest absolute Gasteiger partial charge is 0.481 e. The summed E-state index contributed by atoms with van der Waals surface area (Å²) in [5, 5.41) is 2.30. The van der Waals surface area contributed by atoms with Crippen molar-refractivity contribution < 1.29 is 9.53 Å². The van der Waals surface area contributed by atoms with Crippen LogP contribution in [0.2, 0.25) is 0 Å². The lowest BCUT2D eigenvalue weighted by Gasteiger charge is -1.98. The van der Waals surface area contributed by atoms with E-state index in [0.29, 0.717) is 12.3 Å². The van der Waals surface area contributed by atoms with Crippen LogP contribution in [0.1, 0.15) is 0 Å². The van der Waals surface area contributed by atoms with E-state index in [1.807, 2.05) is 0 Å². The Morgan fingerprint density at radius 2 is 2.55 bits per heavy atom. The van der Waals surface area contributed by atoms with Crippen molar-refractivity contribution in [2.45, 2.75) is 0 Å². The van der Waals surface area contributed by atoms with Crippen molar-refractivity contribution in [2.75, 3.05) is 12.4 Å². The van der Waals surface area contributed by atoms with Crippen LogP contribution in [0, 0.1) is 0 Å². The number of carbonyl (C=O) groups excluding carboxylic acids is 1. The van der Waals surface area contributed by atoms with Crippen molar-refractivity contribution in [1.82, 2.24) is 9.97 Å². The van der Waals surface area contributed by atoms with Crippen LogP contribution in [0.25, 0.3) is 0 Å². The number of nitrogens with zero attached hydrogens (tertiary/aromatic N) is 2. The summed E-state index contributed by atoms with van der Waals surface area (Å²) in [7, 11) is 1.49. The van der Waals surface area contributed by atoms with E-state index in [9.17, 15) is 4.79 Å². The van der Waals surface area contributed by atoms with E-state index in [4.69, 9.17) is 4.74 Å². The summed E-state index contributed by atoms with van der Waals surface area (Å²) in [5.41, 5.74) is 0. The van der Waals surface area contributed by atoms with Crippen molar-refractivity contribution in [3.05, 3.63) is 12.3 Å². The van der Waals surface area contributed by atoms with Crippen LogP contribution in [0.15, 0.2) is 12.3 Å². The second kappa shape index (κ2) is 3.50. The molecular weight excluding hydrogens is 146 g/mol. The van der Waals surface area contributed by atoms with Crippen LogP contribution in [0.5, 0.6) is 5.88 Å². The monoisotopic (exact) mass is 153 g/mol. The van der Waals surface area contributed by atoms with Gasteiger partial charge in [-0.15, -0.1) is 0 Å². The van der Waals surface area contributed by atoms with Crippen molar-refractivity contribution in [1.29, 1.82) is 0 Å². The fourth-order valence-corrected chi connectivity index (χ4v) is 0.578. The van der Waals surface area contributed by atoms with Crippen LogP contribution in [0.3, 0.4) is 0 Å². The van der Waals surface area contributed by atoms with Crippen molar-refractivity contribution in [2.24, 2.45) is 0 Å². The Hall–Kier alpha value is -1.65. The van der Waals surface area contributed by atoms with Gasteiger partial charge in [0.1, 0.15) is 0 Å². The fraction of sp³-hybridized carbons (Fsp3) is 0.167. The van der Waals surface area contributed by atoms with Crippen molar-refractivity contribution in [3.63, 3.8) is 0 Å². The molecule has 1 amide bonds. The van der Waals surface area contributed by atoms with Gasteiger partial charge in [-0.05, 0) is 0 Å². The van der Waals surface area contributed by atoms with Gasteiger partial charge in [0, 0.05) is 12.3 Å². The topological polar surface area (TPSA) is 64.1 Å². The number of carbonyl (C=O) groups is 1. The van der Waals surface area contributed by atoms with Crippen molar-refractivity contribution >= 4 is 12.4 Å². The minimum atomic E-state index is 0.236. The number of hydrogen-bond donors (Lipinski definition) is 1. The Morgan fingerprint density at radius 1 is 1.73 bits per heavy atom. The molecular formula is C6H7N3O2. The maximum Gasteiger partial charge on any atom is 0.232 e. The molecule has 11 heavy (non-hydrogen) atoms. The Morgan fingerprint density at radius 3 is 3.18 bits per heavy atom. The summed E-state index contributed by atoms with van der Waals surface area (Å²) in [5.74, 6) is 0.656. The first-order valence-corrected chi connectivity index (χ1v) is 2.94. The number of rotatable bonds is 3. The van der Waals surface area contributed by atoms with E-state index < -0.39 is 0 Å². The summed E-state index contributed by atoms with van der Waals surface area (Å²) >= 11 is 0. The average molecular weight is 153 g/mol. The molecule has 1 rings (SSSR count). The molecule has 0 aliphatic heterocycles. The van der Waals surface area contributed by atoms with Crippen molar-refractivity contribution in [3.8, 4) is 5.88 Å². The number of hydrogen-bond acceptors (Lipinski definition) is 4. The minimum absolute atomic E-state index is 0.236. The highest BCUT2D eigenvalue weighted by atomic mass is 16.5. The molecule has 0 saturated heterocycles. The Kier molecular flexibility index (Phi) is 2.37. The van der Waals surface area contributed by atoms with E-state index in [1.54, 1.807) is 6.07 Å². The number of amides is 1. The summed E-state index contributed by atoms with van der Waals surface area (Å²) < 4.78 is 4.79. The lowest BCUT2D eigenvalue weighted by molar-refractivity contribution is -0.105. The van der Waals surface area contributed by atoms with Crippen LogP contribution in [-0.4, -0.2) is 23.5 Å². The second-order valence-corrected chi connectivity index (χ2v) is 1.68. The van der Waals surface area contributed by atoms with E-state index in [2.05, 4.69) is 15.3 Å². The maximum atomic E-state index is 9.94.